The Hall–Kier alpha value is -5.09. The van der Waals surface area contributed by atoms with E-state index < -0.39 is 0 Å². The van der Waals surface area contributed by atoms with Crippen LogP contribution >= 0.6 is 0 Å². The summed E-state index contributed by atoms with van der Waals surface area (Å²) in [6.45, 7) is 3.94. The lowest BCUT2D eigenvalue weighted by atomic mass is 10.0. The number of nitriles is 1. The first kappa shape index (κ1) is 21.4. The normalized spacial score (nSPS) is 11.0. The van der Waals surface area contributed by atoms with E-state index in [4.69, 9.17) is 10.2 Å². The SMILES string of the molecule is Cc1ccc(-n2cc3c(-c4nn(-c5ccccc5)c(-c5ccccc5)c4C#N)nnc(C)c3n2)cc1. The molecule has 6 rings (SSSR count). The second-order valence-corrected chi connectivity index (χ2v) is 8.60. The van der Waals surface area contributed by atoms with Gasteiger partial charge in [0, 0.05) is 11.8 Å². The molecule has 0 atom stereocenters. The van der Waals surface area contributed by atoms with Gasteiger partial charge in [0.2, 0.25) is 0 Å². The van der Waals surface area contributed by atoms with E-state index >= 15 is 0 Å². The minimum Gasteiger partial charge on any atom is -0.240 e. The summed E-state index contributed by atoms with van der Waals surface area (Å²) in [5.74, 6) is 0. The summed E-state index contributed by atoms with van der Waals surface area (Å²) in [7, 11) is 0. The number of aryl methyl sites for hydroxylation is 2. The molecule has 0 saturated carbocycles. The van der Waals surface area contributed by atoms with Gasteiger partial charge in [-0.1, -0.05) is 66.2 Å². The molecule has 0 saturated heterocycles. The van der Waals surface area contributed by atoms with Gasteiger partial charge in [-0.25, -0.2) is 9.36 Å². The van der Waals surface area contributed by atoms with Crippen LogP contribution in [0, 0.1) is 25.2 Å². The predicted octanol–water partition coefficient (Wildman–Crippen LogP) is 5.82. The maximum absolute atomic E-state index is 10.3. The summed E-state index contributed by atoms with van der Waals surface area (Å²) in [4.78, 5) is 0. The number of hydrogen-bond donors (Lipinski definition) is 0. The first-order chi connectivity index (χ1) is 17.6. The van der Waals surface area contributed by atoms with Gasteiger partial charge in [-0.3, -0.25) is 0 Å². The first-order valence-electron chi connectivity index (χ1n) is 11.6. The Kier molecular flexibility index (Phi) is 5.12. The van der Waals surface area contributed by atoms with Crippen molar-refractivity contribution in [2.75, 3.05) is 0 Å². The standard InChI is InChI=1S/C29H21N7/c1-19-13-15-22(16-14-19)35-18-25-26(33-35)20(2)31-32-27(25)28-24(17-30)29(21-9-5-3-6-10-21)36(34-28)23-11-7-4-8-12-23/h3-16,18H,1-2H3. The minimum atomic E-state index is 0.438. The summed E-state index contributed by atoms with van der Waals surface area (Å²) in [5, 5.41) is 29.8. The van der Waals surface area contributed by atoms with Gasteiger partial charge in [-0.2, -0.15) is 20.6 Å². The van der Waals surface area contributed by atoms with Gasteiger partial charge in [0.25, 0.3) is 0 Å². The molecule has 3 aromatic heterocycles. The topological polar surface area (TPSA) is 85.2 Å². The van der Waals surface area contributed by atoms with E-state index in [-0.39, 0.29) is 0 Å². The third-order valence-corrected chi connectivity index (χ3v) is 6.18. The Morgan fingerprint density at radius 3 is 2.11 bits per heavy atom. The van der Waals surface area contributed by atoms with E-state index in [0.29, 0.717) is 28.3 Å². The Labute approximate surface area is 207 Å². The fourth-order valence-electron chi connectivity index (χ4n) is 4.35. The Balaban J connectivity index is 1.63. The lowest BCUT2D eigenvalue weighted by Gasteiger charge is -2.07. The lowest BCUT2D eigenvalue weighted by Crippen LogP contribution is -1.99. The number of para-hydroxylation sites is 1. The molecule has 0 amide bonds. The van der Waals surface area contributed by atoms with Crippen LogP contribution < -0.4 is 0 Å². The van der Waals surface area contributed by atoms with E-state index in [9.17, 15) is 5.26 Å². The van der Waals surface area contributed by atoms with Gasteiger partial charge in [-0.05, 0) is 38.1 Å². The molecule has 7 heteroatoms. The Morgan fingerprint density at radius 2 is 1.42 bits per heavy atom. The average molecular weight is 468 g/mol. The van der Waals surface area contributed by atoms with Crippen LogP contribution in [0.1, 0.15) is 16.8 Å². The second-order valence-electron chi connectivity index (χ2n) is 8.60. The van der Waals surface area contributed by atoms with Crippen LogP contribution in [0.4, 0.5) is 0 Å². The fraction of sp³-hybridized carbons (Fsp3) is 0.0690. The first-order valence-corrected chi connectivity index (χ1v) is 11.6. The van der Waals surface area contributed by atoms with Crippen LogP contribution in [0.3, 0.4) is 0 Å². The van der Waals surface area contributed by atoms with Crippen LogP contribution in [0.5, 0.6) is 0 Å². The predicted molar refractivity (Wildman–Crippen MR) is 139 cm³/mol. The molecule has 6 aromatic rings. The molecular weight excluding hydrogens is 446 g/mol. The third-order valence-electron chi connectivity index (χ3n) is 6.18. The van der Waals surface area contributed by atoms with Gasteiger partial charge >= 0.3 is 0 Å². The van der Waals surface area contributed by atoms with E-state index in [1.165, 1.54) is 5.56 Å². The third kappa shape index (κ3) is 3.53. The highest BCUT2D eigenvalue weighted by atomic mass is 15.3. The molecule has 3 heterocycles. The molecule has 0 aliphatic rings. The summed E-state index contributed by atoms with van der Waals surface area (Å²) >= 11 is 0. The van der Waals surface area contributed by atoms with Crippen molar-refractivity contribution in [2.24, 2.45) is 0 Å². The monoisotopic (exact) mass is 467 g/mol. The second kappa shape index (κ2) is 8.60. The average Bonchev–Trinajstić information content (AvgIpc) is 3.54. The smallest absolute Gasteiger partial charge is 0.132 e. The number of aromatic nitrogens is 6. The number of nitrogens with zero attached hydrogens (tertiary/aromatic N) is 7. The molecule has 0 aliphatic carbocycles. The molecule has 0 fully saturated rings. The van der Waals surface area contributed by atoms with Crippen LogP contribution in [-0.4, -0.2) is 29.8 Å². The van der Waals surface area contributed by atoms with Crippen molar-refractivity contribution in [3.8, 4) is 40.1 Å². The number of fused-ring (bicyclic) bond motifs is 1. The zero-order chi connectivity index (χ0) is 24.6. The molecular formula is C29H21N7. The van der Waals surface area contributed by atoms with E-state index in [1.54, 1.807) is 4.68 Å². The van der Waals surface area contributed by atoms with Crippen LogP contribution in [0.15, 0.2) is 91.1 Å². The minimum absolute atomic E-state index is 0.438. The molecule has 0 unspecified atom stereocenters. The summed E-state index contributed by atoms with van der Waals surface area (Å²) in [6, 6.07) is 30.2. The Bertz CT molecular complexity index is 1740. The van der Waals surface area contributed by atoms with Crippen molar-refractivity contribution in [1.82, 2.24) is 29.8 Å². The van der Waals surface area contributed by atoms with Crippen LogP contribution in [0.2, 0.25) is 0 Å². The van der Waals surface area contributed by atoms with Gasteiger partial charge in [0.05, 0.1) is 28.1 Å². The van der Waals surface area contributed by atoms with E-state index in [1.807, 2.05) is 103 Å². The quantitative estimate of drug-likeness (QED) is 0.326. The molecule has 3 aromatic carbocycles. The molecule has 7 nitrogen and oxygen atoms in total. The zero-order valence-corrected chi connectivity index (χ0v) is 19.8. The number of hydrogen-bond acceptors (Lipinski definition) is 5. The summed E-state index contributed by atoms with van der Waals surface area (Å²) in [5.41, 5.74) is 7.43. The number of rotatable bonds is 4. The molecule has 0 radical (unpaired) electrons. The molecule has 0 aliphatic heterocycles. The largest absolute Gasteiger partial charge is 0.240 e. The van der Waals surface area contributed by atoms with Gasteiger partial charge in [-0.15, -0.1) is 5.10 Å². The van der Waals surface area contributed by atoms with E-state index in [0.717, 1.165) is 27.8 Å². The molecule has 0 bridgehead atoms. The highest BCUT2D eigenvalue weighted by molar-refractivity contribution is 5.95. The van der Waals surface area contributed by atoms with Gasteiger partial charge < -0.3 is 0 Å². The number of benzene rings is 3. The summed E-state index contributed by atoms with van der Waals surface area (Å²) in [6.07, 6.45) is 1.93. The summed E-state index contributed by atoms with van der Waals surface area (Å²) < 4.78 is 3.63. The lowest BCUT2D eigenvalue weighted by molar-refractivity contribution is 0.884. The highest BCUT2D eigenvalue weighted by Gasteiger charge is 2.25. The fourth-order valence-corrected chi connectivity index (χ4v) is 4.35. The molecule has 0 spiro atoms. The maximum atomic E-state index is 10.3. The van der Waals surface area contributed by atoms with Crippen LogP contribution in [0.25, 0.3) is 44.9 Å². The van der Waals surface area contributed by atoms with Crippen molar-refractivity contribution >= 4 is 10.9 Å². The molecule has 172 valence electrons. The van der Waals surface area contributed by atoms with Crippen LogP contribution in [-0.2, 0) is 0 Å². The van der Waals surface area contributed by atoms with Crippen molar-refractivity contribution in [2.45, 2.75) is 13.8 Å². The van der Waals surface area contributed by atoms with Gasteiger partial charge in [0.1, 0.15) is 28.5 Å². The van der Waals surface area contributed by atoms with Crippen molar-refractivity contribution < 1.29 is 0 Å². The van der Waals surface area contributed by atoms with Crippen molar-refractivity contribution in [1.29, 1.82) is 5.26 Å². The highest BCUT2D eigenvalue weighted by Crippen LogP contribution is 2.36. The van der Waals surface area contributed by atoms with Gasteiger partial charge in [0.15, 0.2) is 0 Å². The van der Waals surface area contributed by atoms with Crippen molar-refractivity contribution in [3.05, 3.63) is 108 Å². The zero-order valence-electron chi connectivity index (χ0n) is 19.8. The van der Waals surface area contributed by atoms with Crippen molar-refractivity contribution in [3.63, 3.8) is 0 Å². The molecule has 0 N–H and O–H groups in total. The van der Waals surface area contributed by atoms with E-state index in [2.05, 4.69) is 23.2 Å². The maximum Gasteiger partial charge on any atom is 0.132 e. The Morgan fingerprint density at radius 1 is 0.722 bits per heavy atom. The molecule has 36 heavy (non-hydrogen) atoms.